The van der Waals surface area contributed by atoms with Gasteiger partial charge in [-0.1, -0.05) is 0 Å². The van der Waals surface area contributed by atoms with Crippen LogP contribution in [0.5, 0.6) is 17.2 Å². The lowest BCUT2D eigenvalue weighted by atomic mass is 9.98. The number of phenolic OH excluding ortho intramolecular Hbond substituents is 1. The Balaban J connectivity index is 1.44. The molecule has 8 N–H and O–H groups in total. The first-order chi connectivity index (χ1) is 19.9. The predicted molar refractivity (Wildman–Crippen MR) is 140 cm³/mol. The zero-order valence-corrected chi connectivity index (χ0v) is 22.4. The van der Waals surface area contributed by atoms with Gasteiger partial charge in [0.2, 0.25) is 6.29 Å². The van der Waals surface area contributed by atoms with Crippen molar-refractivity contribution >= 4 is 21.7 Å². The van der Waals surface area contributed by atoms with Crippen LogP contribution in [0.4, 0.5) is 0 Å². The monoisotopic (exact) mass is 596 g/mol. The van der Waals surface area contributed by atoms with Crippen LogP contribution in [0.15, 0.2) is 33.5 Å². The third kappa shape index (κ3) is 5.40. The van der Waals surface area contributed by atoms with Crippen LogP contribution in [-0.4, -0.2) is 123 Å². The minimum absolute atomic E-state index is 0.0463. The molecule has 2 aliphatic rings. The maximum Gasteiger partial charge on any atom is 0.229 e. The van der Waals surface area contributed by atoms with Gasteiger partial charge in [-0.3, -0.25) is 4.79 Å². The van der Waals surface area contributed by atoms with E-state index in [-0.39, 0.29) is 27.9 Å². The lowest BCUT2D eigenvalue weighted by Gasteiger charge is -2.42. The largest absolute Gasteiger partial charge is 0.506 e. The van der Waals surface area contributed by atoms with Gasteiger partial charge in [0.25, 0.3) is 0 Å². The predicted octanol–water partition coefficient (Wildman–Crippen LogP) is -2.03. The summed E-state index contributed by atoms with van der Waals surface area (Å²) < 4.78 is 33.2. The summed E-state index contributed by atoms with van der Waals surface area (Å²) in [6.45, 7) is 0.330. The maximum absolute atomic E-state index is 12.7. The lowest BCUT2D eigenvalue weighted by molar-refractivity contribution is -0.323. The summed E-state index contributed by atoms with van der Waals surface area (Å²) in [5.74, 6) is 0.0146. The van der Waals surface area contributed by atoms with E-state index in [1.54, 1.807) is 13.0 Å². The highest BCUT2D eigenvalue weighted by Crippen LogP contribution is 2.42. The highest BCUT2D eigenvalue weighted by atomic mass is 16.7. The zero-order valence-electron chi connectivity index (χ0n) is 22.4. The summed E-state index contributed by atoms with van der Waals surface area (Å²) in [7, 11) is 1.38. The van der Waals surface area contributed by atoms with Gasteiger partial charge in [0.1, 0.15) is 82.8 Å². The number of aromatic hydroxyl groups is 1. The van der Waals surface area contributed by atoms with Gasteiger partial charge in [0.05, 0.1) is 25.7 Å². The molecule has 0 amide bonds. The molecule has 0 saturated carbocycles. The number of aliphatic hydroxyl groups excluding tert-OH is 7. The van der Waals surface area contributed by atoms with Gasteiger partial charge < -0.3 is 69.0 Å². The molecular weight excluding hydrogens is 564 g/mol. The first-order valence-corrected chi connectivity index (χ1v) is 13.0. The number of rotatable bonds is 7. The smallest absolute Gasteiger partial charge is 0.229 e. The Hall–Kier alpha value is -3.09. The highest BCUT2D eigenvalue weighted by Gasteiger charge is 2.48. The molecule has 2 aromatic carbocycles. The van der Waals surface area contributed by atoms with Gasteiger partial charge in [0, 0.05) is 12.1 Å². The number of aryl methyl sites for hydroxylation is 1. The van der Waals surface area contributed by atoms with Gasteiger partial charge in [-0.2, -0.15) is 0 Å². The molecule has 1 aromatic heterocycles. The SMILES string of the molecule is COc1cc(O[C@@H]2O[C@H](CO[C@@H]3O[C@H](CO)[C@@H](O)[C@H](O)[C@H]3O)[C@@H](O)[C@H](O)[C@H]2O)c2c(O)c3c(=O)cc(C)oc3cc2c1. The molecule has 0 radical (unpaired) electrons. The first-order valence-electron chi connectivity index (χ1n) is 13.0. The zero-order chi connectivity index (χ0) is 30.5. The highest BCUT2D eigenvalue weighted by molar-refractivity contribution is 6.06. The Morgan fingerprint density at radius 3 is 2.12 bits per heavy atom. The molecule has 0 aliphatic carbocycles. The molecule has 2 aliphatic heterocycles. The number of hydrogen-bond acceptors (Lipinski definition) is 15. The van der Waals surface area contributed by atoms with Crippen molar-refractivity contribution in [2.45, 2.75) is 68.3 Å². The number of phenols is 1. The molecule has 2 fully saturated rings. The van der Waals surface area contributed by atoms with E-state index in [9.17, 15) is 45.6 Å². The van der Waals surface area contributed by atoms with E-state index in [0.29, 0.717) is 11.1 Å². The van der Waals surface area contributed by atoms with Crippen molar-refractivity contribution in [2.24, 2.45) is 0 Å². The van der Waals surface area contributed by atoms with Crippen molar-refractivity contribution in [3.05, 3.63) is 40.2 Å². The molecule has 2 saturated heterocycles. The van der Waals surface area contributed by atoms with Crippen molar-refractivity contribution in [1.82, 2.24) is 0 Å². The van der Waals surface area contributed by atoms with Gasteiger partial charge >= 0.3 is 0 Å². The van der Waals surface area contributed by atoms with E-state index in [1.165, 1.54) is 25.3 Å². The van der Waals surface area contributed by atoms with E-state index in [2.05, 4.69) is 0 Å². The molecule has 0 bridgehead atoms. The molecule has 0 unspecified atom stereocenters. The van der Waals surface area contributed by atoms with Crippen molar-refractivity contribution in [3.63, 3.8) is 0 Å². The molecule has 15 nitrogen and oxygen atoms in total. The third-order valence-corrected chi connectivity index (χ3v) is 7.39. The molecular formula is C27H32O15. The second-order valence-electron chi connectivity index (χ2n) is 10.2. The molecule has 10 atom stereocenters. The Bertz CT molecular complexity index is 1490. The fraction of sp³-hybridized carbons (Fsp3) is 0.519. The molecule has 3 heterocycles. The second-order valence-corrected chi connectivity index (χ2v) is 10.2. The van der Waals surface area contributed by atoms with Crippen LogP contribution in [0.2, 0.25) is 0 Å². The van der Waals surface area contributed by atoms with Crippen LogP contribution in [0, 0.1) is 6.92 Å². The molecule has 15 heteroatoms. The minimum Gasteiger partial charge on any atom is -0.506 e. The molecule has 3 aromatic rings. The van der Waals surface area contributed by atoms with E-state index in [4.69, 9.17) is 28.1 Å². The number of aliphatic hydroxyl groups is 7. The van der Waals surface area contributed by atoms with E-state index < -0.39 is 85.8 Å². The van der Waals surface area contributed by atoms with Crippen molar-refractivity contribution in [3.8, 4) is 17.2 Å². The summed E-state index contributed by atoms with van der Waals surface area (Å²) in [5.41, 5.74) is -0.394. The van der Waals surface area contributed by atoms with Gasteiger partial charge in [-0.25, -0.2) is 0 Å². The molecule has 0 spiro atoms. The van der Waals surface area contributed by atoms with Crippen LogP contribution in [0.3, 0.4) is 0 Å². The average Bonchev–Trinajstić information content (AvgIpc) is 2.95. The molecule has 5 rings (SSSR count). The van der Waals surface area contributed by atoms with Gasteiger partial charge in [0.15, 0.2) is 11.7 Å². The normalized spacial score (nSPS) is 33.6. The quantitative estimate of drug-likeness (QED) is 0.137. The second kappa shape index (κ2) is 11.9. The number of benzene rings is 2. The van der Waals surface area contributed by atoms with Crippen molar-refractivity contribution in [2.75, 3.05) is 20.3 Å². The van der Waals surface area contributed by atoms with Crippen molar-refractivity contribution in [1.29, 1.82) is 0 Å². The number of methoxy groups -OCH3 is 1. The number of fused-ring (bicyclic) bond motifs is 2. The Kier molecular flexibility index (Phi) is 8.60. The summed E-state index contributed by atoms with van der Waals surface area (Å²) in [6, 6.07) is 5.62. The Morgan fingerprint density at radius 1 is 0.810 bits per heavy atom. The topological polar surface area (TPSA) is 238 Å². The summed E-state index contributed by atoms with van der Waals surface area (Å²) >= 11 is 0. The lowest BCUT2D eigenvalue weighted by Crippen LogP contribution is -2.62. The average molecular weight is 597 g/mol. The van der Waals surface area contributed by atoms with Crippen LogP contribution >= 0.6 is 0 Å². The minimum atomic E-state index is -1.81. The number of ether oxygens (including phenoxy) is 5. The summed E-state index contributed by atoms with van der Waals surface area (Å²) in [5, 5.41) is 82.7. The van der Waals surface area contributed by atoms with E-state index in [1.807, 2.05) is 0 Å². The van der Waals surface area contributed by atoms with Gasteiger partial charge in [-0.05, 0) is 24.4 Å². The maximum atomic E-state index is 12.7. The van der Waals surface area contributed by atoms with E-state index >= 15 is 0 Å². The van der Waals surface area contributed by atoms with Gasteiger partial charge in [-0.15, -0.1) is 0 Å². The number of hydrogen-bond donors (Lipinski definition) is 8. The Labute approximate surface area is 237 Å². The summed E-state index contributed by atoms with van der Waals surface area (Å²) in [6.07, 6.45) is -16.2. The first kappa shape index (κ1) is 30.4. The van der Waals surface area contributed by atoms with Crippen molar-refractivity contribution < 1.29 is 69.0 Å². The standard InChI is InChI=1S/C27H32O15/c1-9-3-12(29)18-13(39-9)5-10-4-11(37-2)6-14(17(10)21(18)32)40-27-25(36)23(34)20(31)16(42-27)8-38-26-24(35)22(33)19(30)15(7-28)41-26/h3-6,15-16,19-20,22-28,30-36H,7-8H2,1-2H3/t15-,16-,19-,20-,22+,23+,24-,25-,26-,27-/m1/s1. The van der Waals surface area contributed by atoms with Crippen LogP contribution in [0.1, 0.15) is 5.76 Å². The molecule has 42 heavy (non-hydrogen) atoms. The van der Waals surface area contributed by atoms with E-state index in [0.717, 1.165) is 0 Å². The molecule has 230 valence electrons. The van der Waals surface area contributed by atoms with Crippen LogP contribution in [0.25, 0.3) is 21.7 Å². The fourth-order valence-electron chi connectivity index (χ4n) is 5.09. The fourth-order valence-corrected chi connectivity index (χ4v) is 5.09. The Morgan fingerprint density at radius 2 is 1.45 bits per heavy atom. The third-order valence-electron chi connectivity index (χ3n) is 7.39. The summed E-state index contributed by atoms with van der Waals surface area (Å²) in [4.78, 5) is 12.7. The van der Waals surface area contributed by atoms with Crippen LogP contribution in [-0.2, 0) is 14.2 Å². The van der Waals surface area contributed by atoms with Crippen LogP contribution < -0.4 is 14.9 Å².